The Balaban J connectivity index is 1.42. The number of likely N-dealkylation sites (tertiary alicyclic amines) is 1. The van der Waals surface area contributed by atoms with Crippen LogP contribution in [0.5, 0.6) is 0 Å². The van der Waals surface area contributed by atoms with Crippen LogP contribution in [0.1, 0.15) is 21.8 Å². The molecule has 2 aromatic heterocycles. The number of H-pyrrole nitrogens is 1. The molecule has 2 aromatic rings. The quantitative estimate of drug-likeness (QED) is 0.782. The maximum absolute atomic E-state index is 12.7. The molecule has 2 N–H and O–H groups in total. The summed E-state index contributed by atoms with van der Waals surface area (Å²) in [7, 11) is 0. The van der Waals surface area contributed by atoms with Crippen molar-refractivity contribution in [2.75, 3.05) is 26.3 Å². The highest BCUT2D eigenvalue weighted by Crippen LogP contribution is 2.44. The summed E-state index contributed by atoms with van der Waals surface area (Å²) in [6, 6.07) is 6.65. The molecule has 142 valence electrons. The molecule has 0 aromatic carbocycles. The maximum atomic E-state index is 12.7. The number of nitrogens with zero attached hydrogens (tertiary/aromatic N) is 2. The molecular weight excluding hydrogens is 368 g/mol. The molecule has 0 radical (unpaired) electrons. The SMILES string of the molecule is O=C(C[C@]12COC[C@H]1CN(C(=O)c1ccc(=O)[nH]n1)C2)NCc1cccs1. The van der Waals surface area contributed by atoms with Crippen LogP contribution in [0.3, 0.4) is 0 Å². The largest absolute Gasteiger partial charge is 0.380 e. The van der Waals surface area contributed by atoms with Gasteiger partial charge in [0.1, 0.15) is 5.69 Å². The topological polar surface area (TPSA) is 104 Å². The minimum atomic E-state index is -0.364. The van der Waals surface area contributed by atoms with Crippen molar-refractivity contribution in [3.05, 3.63) is 50.6 Å². The first-order chi connectivity index (χ1) is 13.1. The molecule has 0 unspecified atom stereocenters. The number of aromatic nitrogens is 2. The summed E-state index contributed by atoms with van der Waals surface area (Å²) in [5.41, 5.74) is -0.512. The van der Waals surface area contributed by atoms with E-state index in [4.69, 9.17) is 4.74 Å². The average Bonchev–Trinajstić information content (AvgIpc) is 3.36. The Bertz CT molecular complexity index is 877. The van der Waals surface area contributed by atoms with Crippen LogP contribution in [0.25, 0.3) is 0 Å². The minimum absolute atomic E-state index is 0.0321. The van der Waals surface area contributed by atoms with E-state index in [2.05, 4.69) is 15.5 Å². The Morgan fingerprint density at radius 3 is 3.04 bits per heavy atom. The van der Waals surface area contributed by atoms with Crippen LogP contribution < -0.4 is 10.9 Å². The molecule has 0 spiro atoms. The van der Waals surface area contributed by atoms with E-state index in [0.29, 0.717) is 39.3 Å². The van der Waals surface area contributed by atoms with Crippen LogP contribution in [0.4, 0.5) is 0 Å². The van der Waals surface area contributed by atoms with E-state index in [-0.39, 0.29) is 34.4 Å². The summed E-state index contributed by atoms with van der Waals surface area (Å²) >= 11 is 1.60. The van der Waals surface area contributed by atoms with Gasteiger partial charge in [-0.2, -0.15) is 5.10 Å². The van der Waals surface area contributed by atoms with Gasteiger partial charge in [0.15, 0.2) is 0 Å². The first-order valence-electron chi connectivity index (χ1n) is 8.78. The van der Waals surface area contributed by atoms with Crippen molar-refractivity contribution in [3.8, 4) is 0 Å². The van der Waals surface area contributed by atoms with Gasteiger partial charge in [0, 0.05) is 41.8 Å². The highest BCUT2D eigenvalue weighted by atomic mass is 32.1. The van der Waals surface area contributed by atoms with E-state index in [0.717, 1.165) is 4.88 Å². The van der Waals surface area contributed by atoms with Crippen molar-refractivity contribution in [3.63, 3.8) is 0 Å². The predicted molar refractivity (Wildman–Crippen MR) is 98.3 cm³/mol. The molecular formula is C18H20N4O4S. The Kier molecular flexibility index (Phi) is 4.79. The van der Waals surface area contributed by atoms with E-state index in [1.807, 2.05) is 17.5 Å². The Hall–Kier alpha value is -2.52. The zero-order valence-corrected chi connectivity index (χ0v) is 15.5. The number of aromatic amines is 1. The predicted octanol–water partition coefficient (Wildman–Crippen LogP) is 0.627. The number of nitrogens with one attached hydrogen (secondary N) is 2. The second-order valence-electron chi connectivity index (χ2n) is 7.10. The van der Waals surface area contributed by atoms with E-state index < -0.39 is 0 Å². The number of hydrogen-bond acceptors (Lipinski definition) is 6. The van der Waals surface area contributed by atoms with Gasteiger partial charge in [0.05, 0.1) is 19.8 Å². The van der Waals surface area contributed by atoms with Crippen LogP contribution in [0.15, 0.2) is 34.4 Å². The first kappa shape index (κ1) is 17.9. The number of rotatable bonds is 5. The van der Waals surface area contributed by atoms with Crippen LogP contribution in [0, 0.1) is 11.3 Å². The van der Waals surface area contributed by atoms with Crippen LogP contribution >= 0.6 is 11.3 Å². The van der Waals surface area contributed by atoms with Gasteiger partial charge in [-0.3, -0.25) is 14.4 Å². The highest BCUT2D eigenvalue weighted by Gasteiger charge is 2.52. The van der Waals surface area contributed by atoms with Gasteiger partial charge >= 0.3 is 0 Å². The lowest BCUT2D eigenvalue weighted by atomic mass is 9.78. The lowest BCUT2D eigenvalue weighted by Crippen LogP contribution is -2.38. The maximum Gasteiger partial charge on any atom is 0.274 e. The molecule has 0 saturated carbocycles. The smallest absolute Gasteiger partial charge is 0.274 e. The number of carbonyl (C=O) groups excluding carboxylic acids is 2. The lowest BCUT2D eigenvalue weighted by molar-refractivity contribution is -0.123. The number of thiophene rings is 1. The summed E-state index contributed by atoms with van der Waals surface area (Å²) in [5.74, 6) is -0.147. The molecule has 2 amide bonds. The Labute approximate surface area is 159 Å². The number of ether oxygens (including phenoxy) is 1. The molecule has 2 aliphatic rings. The Morgan fingerprint density at radius 1 is 1.41 bits per heavy atom. The highest BCUT2D eigenvalue weighted by molar-refractivity contribution is 7.09. The first-order valence-corrected chi connectivity index (χ1v) is 9.65. The van der Waals surface area contributed by atoms with Gasteiger partial charge < -0.3 is 15.0 Å². The molecule has 9 heteroatoms. The normalized spacial score (nSPS) is 24.0. The fraction of sp³-hybridized carbons (Fsp3) is 0.444. The van der Waals surface area contributed by atoms with Crippen LogP contribution in [-0.4, -0.2) is 53.2 Å². The number of hydrogen-bond donors (Lipinski definition) is 2. The van der Waals surface area contributed by atoms with Crippen molar-refractivity contribution in [1.82, 2.24) is 20.4 Å². The third kappa shape index (κ3) is 3.65. The van der Waals surface area contributed by atoms with Gasteiger partial charge in [-0.1, -0.05) is 6.07 Å². The number of carbonyl (C=O) groups is 2. The van der Waals surface area contributed by atoms with Gasteiger partial charge in [0.25, 0.3) is 11.5 Å². The van der Waals surface area contributed by atoms with Crippen molar-refractivity contribution >= 4 is 23.2 Å². The van der Waals surface area contributed by atoms with Crippen molar-refractivity contribution in [2.45, 2.75) is 13.0 Å². The molecule has 0 aliphatic carbocycles. The summed E-state index contributed by atoms with van der Waals surface area (Å²) in [5, 5.41) is 11.0. The molecule has 2 saturated heterocycles. The minimum Gasteiger partial charge on any atom is -0.380 e. The van der Waals surface area contributed by atoms with E-state index >= 15 is 0 Å². The molecule has 2 aliphatic heterocycles. The van der Waals surface area contributed by atoms with E-state index in [1.54, 1.807) is 16.2 Å². The van der Waals surface area contributed by atoms with Crippen molar-refractivity contribution in [1.29, 1.82) is 0 Å². The molecule has 8 nitrogen and oxygen atoms in total. The molecule has 2 fully saturated rings. The standard InChI is InChI=1S/C18H20N4O4S/c23-15-4-3-14(20-21-15)17(25)22-8-12-9-26-11-18(12,10-22)6-16(24)19-7-13-2-1-5-27-13/h1-5,12H,6-11H2,(H,19,24)(H,21,23)/t12-,18+/m1/s1. The molecule has 0 bridgehead atoms. The Morgan fingerprint density at radius 2 is 2.30 bits per heavy atom. The monoisotopic (exact) mass is 388 g/mol. The third-order valence-corrected chi connectivity index (χ3v) is 6.14. The third-order valence-electron chi connectivity index (χ3n) is 5.26. The van der Waals surface area contributed by atoms with Crippen molar-refractivity contribution in [2.24, 2.45) is 11.3 Å². The van der Waals surface area contributed by atoms with Gasteiger partial charge in [-0.25, -0.2) is 5.10 Å². The van der Waals surface area contributed by atoms with Gasteiger partial charge in [0.2, 0.25) is 5.91 Å². The molecule has 4 heterocycles. The van der Waals surface area contributed by atoms with Gasteiger partial charge in [-0.05, 0) is 17.5 Å². The number of amides is 2. The lowest BCUT2D eigenvalue weighted by Gasteiger charge is -2.26. The molecule has 2 atom stereocenters. The molecule has 4 rings (SSSR count). The van der Waals surface area contributed by atoms with Gasteiger partial charge in [-0.15, -0.1) is 11.3 Å². The van der Waals surface area contributed by atoms with Crippen molar-refractivity contribution < 1.29 is 14.3 Å². The fourth-order valence-electron chi connectivity index (χ4n) is 3.84. The van der Waals surface area contributed by atoms with E-state index in [9.17, 15) is 14.4 Å². The summed E-state index contributed by atoms with van der Waals surface area (Å²) in [6.45, 7) is 2.50. The summed E-state index contributed by atoms with van der Waals surface area (Å²) < 4.78 is 5.64. The summed E-state index contributed by atoms with van der Waals surface area (Å²) in [6.07, 6.45) is 0.325. The molecule has 27 heavy (non-hydrogen) atoms. The van der Waals surface area contributed by atoms with E-state index in [1.165, 1.54) is 12.1 Å². The fourth-order valence-corrected chi connectivity index (χ4v) is 4.49. The zero-order chi connectivity index (χ0) is 18.9. The summed E-state index contributed by atoms with van der Waals surface area (Å²) in [4.78, 5) is 39.2. The second kappa shape index (κ2) is 7.24. The number of fused-ring (bicyclic) bond motifs is 1. The second-order valence-corrected chi connectivity index (χ2v) is 8.13. The average molecular weight is 388 g/mol. The van der Waals surface area contributed by atoms with Crippen LogP contribution in [0.2, 0.25) is 0 Å². The zero-order valence-electron chi connectivity index (χ0n) is 14.6. The van der Waals surface area contributed by atoms with Crippen LogP contribution in [-0.2, 0) is 16.1 Å².